The molecule has 0 radical (unpaired) electrons. The molecule has 0 spiro atoms. The van der Waals surface area contributed by atoms with Crippen molar-refractivity contribution >= 4 is 5.91 Å². The first-order chi connectivity index (χ1) is 11.3. The first kappa shape index (κ1) is 17.3. The van der Waals surface area contributed by atoms with E-state index in [4.69, 9.17) is 4.74 Å². The molecule has 0 saturated carbocycles. The molecule has 2 aliphatic heterocycles. The van der Waals surface area contributed by atoms with Crippen LogP contribution in [0.1, 0.15) is 31.3 Å². The van der Waals surface area contributed by atoms with Gasteiger partial charge in [-0.15, -0.1) is 0 Å². The summed E-state index contributed by atoms with van der Waals surface area (Å²) in [6.45, 7) is 3.52. The van der Waals surface area contributed by atoms with Gasteiger partial charge in [0, 0.05) is 39.4 Å². The molecule has 0 aromatic carbocycles. The number of rotatable bonds is 3. The topological polar surface area (TPSA) is 47.4 Å². The summed E-state index contributed by atoms with van der Waals surface area (Å²) in [6.07, 6.45) is -1.42. The average molecular weight is 345 g/mol. The lowest BCUT2D eigenvalue weighted by molar-refractivity contribution is -0.141. The van der Waals surface area contributed by atoms with E-state index in [0.717, 1.165) is 19.0 Å². The molecule has 0 N–H and O–H groups in total. The number of carbonyl (C=O) groups excluding carboxylic acids is 1. The molecule has 0 unspecified atom stereocenters. The molecule has 2 aliphatic rings. The fourth-order valence-corrected chi connectivity index (χ4v) is 3.62. The lowest BCUT2D eigenvalue weighted by Gasteiger charge is -2.30. The van der Waals surface area contributed by atoms with Crippen molar-refractivity contribution < 1.29 is 22.7 Å². The van der Waals surface area contributed by atoms with Crippen LogP contribution >= 0.6 is 0 Å². The highest BCUT2D eigenvalue weighted by Crippen LogP contribution is 2.31. The SMILES string of the molecule is C[C@@H]1OCC[C@@H]1C(=O)N(C)C[C@@H]1CCc2nc(C(F)(F)F)cn2C1. The van der Waals surface area contributed by atoms with E-state index in [2.05, 4.69) is 4.98 Å². The molecule has 134 valence electrons. The van der Waals surface area contributed by atoms with Gasteiger partial charge in [0.25, 0.3) is 0 Å². The summed E-state index contributed by atoms with van der Waals surface area (Å²) in [4.78, 5) is 17.9. The van der Waals surface area contributed by atoms with Crippen LogP contribution in [0.3, 0.4) is 0 Å². The smallest absolute Gasteiger partial charge is 0.378 e. The number of ether oxygens (including phenoxy) is 1. The third-order valence-corrected chi connectivity index (χ3v) is 4.98. The Bertz CT molecular complexity index is 614. The normalized spacial score (nSPS) is 27.1. The number of aromatic nitrogens is 2. The lowest BCUT2D eigenvalue weighted by Crippen LogP contribution is -2.40. The molecule has 24 heavy (non-hydrogen) atoms. The average Bonchev–Trinajstić information content (AvgIpc) is 3.11. The first-order valence-electron chi connectivity index (χ1n) is 8.25. The summed E-state index contributed by atoms with van der Waals surface area (Å²) in [5, 5.41) is 0. The largest absolute Gasteiger partial charge is 0.434 e. The maximum Gasteiger partial charge on any atom is 0.434 e. The van der Waals surface area contributed by atoms with Crippen LogP contribution in [0, 0.1) is 11.8 Å². The van der Waals surface area contributed by atoms with Gasteiger partial charge in [0.05, 0.1) is 12.0 Å². The second kappa shape index (κ2) is 6.38. The molecule has 1 amide bonds. The van der Waals surface area contributed by atoms with Crippen LogP contribution in [0.4, 0.5) is 13.2 Å². The third-order valence-electron chi connectivity index (χ3n) is 4.98. The highest BCUT2D eigenvalue weighted by molar-refractivity contribution is 5.79. The number of fused-ring (bicyclic) bond motifs is 1. The second-order valence-electron chi connectivity index (χ2n) is 6.79. The summed E-state index contributed by atoms with van der Waals surface area (Å²) in [5.74, 6) is 0.566. The van der Waals surface area contributed by atoms with Crippen LogP contribution in [0.15, 0.2) is 6.20 Å². The Morgan fingerprint density at radius 2 is 2.21 bits per heavy atom. The maximum atomic E-state index is 12.8. The summed E-state index contributed by atoms with van der Waals surface area (Å²) >= 11 is 0. The van der Waals surface area contributed by atoms with E-state index in [1.54, 1.807) is 16.5 Å². The third kappa shape index (κ3) is 3.43. The number of hydrogen-bond donors (Lipinski definition) is 0. The molecule has 8 heteroatoms. The van der Waals surface area contributed by atoms with Gasteiger partial charge in [0.1, 0.15) is 5.82 Å². The Morgan fingerprint density at radius 3 is 2.83 bits per heavy atom. The van der Waals surface area contributed by atoms with Crippen molar-refractivity contribution in [2.45, 2.75) is 45.0 Å². The van der Waals surface area contributed by atoms with E-state index >= 15 is 0 Å². The number of amides is 1. The van der Waals surface area contributed by atoms with E-state index < -0.39 is 11.9 Å². The van der Waals surface area contributed by atoms with E-state index in [-0.39, 0.29) is 23.8 Å². The van der Waals surface area contributed by atoms with Gasteiger partial charge in [-0.05, 0) is 25.7 Å². The predicted molar refractivity (Wildman–Crippen MR) is 80.2 cm³/mol. The fraction of sp³-hybridized carbons (Fsp3) is 0.750. The Labute approximate surface area is 138 Å². The number of aryl methyl sites for hydroxylation is 1. The van der Waals surface area contributed by atoms with Crippen LogP contribution in [0.2, 0.25) is 0 Å². The highest BCUT2D eigenvalue weighted by Gasteiger charge is 2.37. The minimum atomic E-state index is -4.41. The molecule has 0 aliphatic carbocycles. The fourth-order valence-electron chi connectivity index (χ4n) is 3.62. The van der Waals surface area contributed by atoms with Gasteiger partial charge in [-0.25, -0.2) is 4.98 Å². The molecular formula is C16H22F3N3O2. The van der Waals surface area contributed by atoms with Crippen molar-refractivity contribution in [3.8, 4) is 0 Å². The monoisotopic (exact) mass is 345 g/mol. The van der Waals surface area contributed by atoms with Crippen LogP contribution in [0.5, 0.6) is 0 Å². The van der Waals surface area contributed by atoms with E-state index in [9.17, 15) is 18.0 Å². The molecule has 3 atom stereocenters. The Morgan fingerprint density at radius 1 is 1.46 bits per heavy atom. The Balaban J connectivity index is 1.61. The van der Waals surface area contributed by atoms with Crippen LogP contribution in [-0.2, 0) is 28.7 Å². The molecule has 1 aromatic rings. The van der Waals surface area contributed by atoms with Gasteiger partial charge >= 0.3 is 6.18 Å². The first-order valence-corrected chi connectivity index (χ1v) is 8.25. The zero-order valence-corrected chi connectivity index (χ0v) is 13.8. The van der Waals surface area contributed by atoms with Crippen molar-refractivity contribution in [3.63, 3.8) is 0 Å². The van der Waals surface area contributed by atoms with Crippen molar-refractivity contribution in [1.29, 1.82) is 0 Å². The molecule has 3 rings (SSSR count). The summed E-state index contributed by atoms with van der Waals surface area (Å²) in [5.41, 5.74) is -0.834. The van der Waals surface area contributed by atoms with E-state index in [1.165, 1.54) is 0 Å². The highest BCUT2D eigenvalue weighted by atomic mass is 19.4. The van der Waals surface area contributed by atoms with Crippen LogP contribution < -0.4 is 0 Å². The molecule has 1 fully saturated rings. The zero-order valence-electron chi connectivity index (χ0n) is 13.8. The van der Waals surface area contributed by atoms with Gasteiger partial charge in [-0.1, -0.05) is 0 Å². The van der Waals surface area contributed by atoms with E-state index in [0.29, 0.717) is 31.9 Å². The zero-order chi connectivity index (χ0) is 17.5. The minimum Gasteiger partial charge on any atom is -0.378 e. The standard InChI is InChI=1S/C16H22F3N3O2/c1-10-12(5-6-24-10)15(23)21(2)7-11-3-4-14-20-13(16(17,18)19)9-22(14)8-11/h9-12H,3-8H2,1-2H3/t10-,11-,12-/m0/s1. The maximum absolute atomic E-state index is 12.8. The molecule has 1 aromatic heterocycles. The Kier molecular flexibility index (Phi) is 4.59. The molecule has 0 bridgehead atoms. The molecule has 3 heterocycles. The van der Waals surface area contributed by atoms with Gasteiger partial charge < -0.3 is 14.2 Å². The Hall–Kier alpha value is -1.57. The predicted octanol–water partition coefficient (Wildman–Crippen LogP) is 2.35. The van der Waals surface area contributed by atoms with E-state index in [1.807, 2.05) is 6.92 Å². The summed E-state index contributed by atoms with van der Waals surface area (Å²) in [6, 6.07) is 0. The number of hydrogen-bond acceptors (Lipinski definition) is 3. The summed E-state index contributed by atoms with van der Waals surface area (Å²) in [7, 11) is 1.76. The number of alkyl halides is 3. The number of carbonyl (C=O) groups is 1. The van der Waals surface area contributed by atoms with Gasteiger partial charge in [0.15, 0.2) is 5.69 Å². The number of nitrogens with zero attached hydrogens (tertiary/aromatic N) is 3. The van der Waals surface area contributed by atoms with Crippen molar-refractivity contribution in [2.75, 3.05) is 20.2 Å². The van der Waals surface area contributed by atoms with Gasteiger partial charge in [-0.3, -0.25) is 4.79 Å². The molecule has 5 nitrogen and oxygen atoms in total. The van der Waals surface area contributed by atoms with Crippen molar-refractivity contribution in [2.24, 2.45) is 11.8 Å². The van der Waals surface area contributed by atoms with Gasteiger partial charge in [0.2, 0.25) is 5.91 Å². The van der Waals surface area contributed by atoms with Crippen molar-refractivity contribution in [1.82, 2.24) is 14.5 Å². The quantitative estimate of drug-likeness (QED) is 0.845. The number of imidazole rings is 1. The second-order valence-corrected chi connectivity index (χ2v) is 6.79. The number of halogens is 3. The molecule has 1 saturated heterocycles. The van der Waals surface area contributed by atoms with Gasteiger partial charge in [-0.2, -0.15) is 13.2 Å². The van der Waals surface area contributed by atoms with Crippen LogP contribution in [-0.4, -0.2) is 46.7 Å². The van der Waals surface area contributed by atoms with Crippen molar-refractivity contribution in [3.05, 3.63) is 17.7 Å². The lowest BCUT2D eigenvalue weighted by atomic mass is 9.97. The minimum absolute atomic E-state index is 0.0624. The van der Waals surface area contributed by atoms with Crippen LogP contribution in [0.25, 0.3) is 0 Å². The summed E-state index contributed by atoms with van der Waals surface area (Å²) < 4.78 is 45.3. The molecular weight excluding hydrogens is 323 g/mol.